The van der Waals surface area contributed by atoms with E-state index >= 15 is 0 Å². The molecule has 1 atom stereocenters. The van der Waals surface area contributed by atoms with Gasteiger partial charge in [-0.25, -0.2) is 0 Å². The van der Waals surface area contributed by atoms with E-state index in [1.165, 1.54) is 11.1 Å². The Morgan fingerprint density at radius 1 is 1.44 bits per heavy atom. The molecule has 0 heterocycles. The summed E-state index contributed by atoms with van der Waals surface area (Å²) in [7, 11) is 1.73. The van der Waals surface area contributed by atoms with Crippen LogP contribution in [0.2, 0.25) is 0 Å². The zero-order chi connectivity index (χ0) is 11.8. The zero-order valence-corrected chi connectivity index (χ0v) is 10.6. The Morgan fingerprint density at radius 2 is 2.19 bits per heavy atom. The van der Waals surface area contributed by atoms with Crippen LogP contribution in [0, 0.1) is 0 Å². The molecule has 0 aromatic heterocycles. The van der Waals surface area contributed by atoms with Gasteiger partial charge in [0.15, 0.2) is 0 Å². The lowest BCUT2D eigenvalue weighted by molar-refractivity contribution is 0.372. The highest BCUT2D eigenvalue weighted by atomic mass is 16.5. The first-order chi connectivity index (χ1) is 7.59. The van der Waals surface area contributed by atoms with Crippen molar-refractivity contribution in [1.82, 2.24) is 5.32 Å². The van der Waals surface area contributed by atoms with Crippen LogP contribution in [0.3, 0.4) is 0 Å². The lowest BCUT2D eigenvalue weighted by atomic mass is 9.83. The number of hydrogen-bond acceptors (Lipinski definition) is 2. The Bertz CT molecular complexity index is 384. The smallest absolute Gasteiger partial charge is 0.119 e. The fourth-order valence-corrected chi connectivity index (χ4v) is 2.70. The Hall–Kier alpha value is -1.02. The fraction of sp³-hybridized carbons (Fsp3) is 0.571. The van der Waals surface area contributed by atoms with Crippen molar-refractivity contribution in [2.75, 3.05) is 13.7 Å². The van der Waals surface area contributed by atoms with Gasteiger partial charge in [0.1, 0.15) is 5.75 Å². The molecule has 2 nitrogen and oxygen atoms in total. The second kappa shape index (κ2) is 4.10. The normalized spacial score (nSPS) is 21.9. The van der Waals surface area contributed by atoms with Crippen LogP contribution in [0.25, 0.3) is 0 Å². The summed E-state index contributed by atoms with van der Waals surface area (Å²) >= 11 is 0. The molecule has 0 amide bonds. The maximum absolute atomic E-state index is 5.31. The van der Waals surface area contributed by atoms with Gasteiger partial charge in [-0.2, -0.15) is 0 Å². The number of nitrogens with one attached hydrogen (secondary N) is 1. The molecule has 0 spiro atoms. The largest absolute Gasteiger partial charge is 0.497 e. The number of ether oxygens (including phenoxy) is 1. The minimum atomic E-state index is 0.194. The average molecular weight is 219 g/mol. The van der Waals surface area contributed by atoms with Gasteiger partial charge in [-0.05, 0) is 36.2 Å². The standard InChI is InChI=1S/C14H21NO/c1-5-15-13-8-10-6-7-11(16-4)9-12(10)14(13,2)3/h6-7,9,13,15H,5,8H2,1-4H3. The molecule has 1 aromatic rings. The van der Waals surface area contributed by atoms with Crippen LogP contribution in [-0.2, 0) is 11.8 Å². The van der Waals surface area contributed by atoms with E-state index in [2.05, 4.69) is 44.3 Å². The molecule has 0 bridgehead atoms. The Kier molecular flexibility index (Phi) is 2.94. The highest BCUT2D eigenvalue weighted by Crippen LogP contribution is 2.40. The van der Waals surface area contributed by atoms with Gasteiger partial charge in [-0.1, -0.05) is 26.8 Å². The van der Waals surface area contributed by atoms with Gasteiger partial charge in [0, 0.05) is 11.5 Å². The molecule has 1 N–H and O–H groups in total. The molecular formula is C14H21NO. The van der Waals surface area contributed by atoms with Crippen molar-refractivity contribution in [2.24, 2.45) is 0 Å². The van der Waals surface area contributed by atoms with Gasteiger partial charge in [0.2, 0.25) is 0 Å². The maximum atomic E-state index is 5.31. The number of methoxy groups -OCH3 is 1. The van der Waals surface area contributed by atoms with Crippen LogP contribution in [0.4, 0.5) is 0 Å². The van der Waals surface area contributed by atoms with Crippen molar-refractivity contribution in [1.29, 1.82) is 0 Å². The number of benzene rings is 1. The van der Waals surface area contributed by atoms with Crippen LogP contribution in [0.15, 0.2) is 18.2 Å². The first-order valence-corrected chi connectivity index (χ1v) is 6.00. The third-order valence-corrected chi connectivity index (χ3v) is 3.76. The summed E-state index contributed by atoms with van der Waals surface area (Å²) in [6, 6.07) is 6.99. The predicted octanol–water partition coefficient (Wildman–Crippen LogP) is 2.51. The molecule has 0 fully saturated rings. The fourth-order valence-electron chi connectivity index (χ4n) is 2.70. The lowest BCUT2D eigenvalue weighted by Gasteiger charge is -2.29. The Balaban J connectivity index is 2.37. The average Bonchev–Trinajstić information content (AvgIpc) is 2.51. The van der Waals surface area contributed by atoms with Gasteiger partial charge in [0.05, 0.1) is 7.11 Å². The molecule has 0 saturated carbocycles. The topological polar surface area (TPSA) is 21.3 Å². The van der Waals surface area contributed by atoms with E-state index < -0.39 is 0 Å². The third-order valence-electron chi connectivity index (χ3n) is 3.76. The summed E-state index contributed by atoms with van der Waals surface area (Å²) in [4.78, 5) is 0. The molecule has 2 rings (SSSR count). The number of likely N-dealkylation sites (N-methyl/N-ethyl adjacent to an activating group) is 1. The number of hydrogen-bond donors (Lipinski definition) is 1. The predicted molar refractivity (Wildman–Crippen MR) is 67.2 cm³/mol. The molecule has 1 aliphatic rings. The molecule has 0 saturated heterocycles. The van der Waals surface area contributed by atoms with Crippen LogP contribution in [0.5, 0.6) is 5.75 Å². The van der Waals surface area contributed by atoms with Gasteiger partial charge in [0.25, 0.3) is 0 Å². The Labute approximate surface area is 98.0 Å². The van der Waals surface area contributed by atoms with Gasteiger partial charge < -0.3 is 10.1 Å². The molecule has 1 aliphatic carbocycles. The van der Waals surface area contributed by atoms with Crippen LogP contribution < -0.4 is 10.1 Å². The second-order valence-corrected chi connectivity index (χ2v) is 5.06. The van der Waals surface area contributed by atoms with Crippen LogP contribution in [-0.4, -0.2) is 19.7 Å². The summed E-state index contributed by atoms with van der Waals surface area (Å²) < 4.78 is 5.31. The van der Waals surface area contributed by atoms with Gasteiger partial charge in [-0.3, -0.25) is 0 Å². The molecule has 88 valence electrons. The van der Waals surface area contributed by atoms with Crippen molar-refractivity contribution in [2.45, 2.75) is 38.6 Å². The van der Waals surface area contributed by atoms with E-state index in [-0.39, 0.29) is 5.41 Å². The summed E-state index contributed by atoms with van der Waals surface area (Å²) in [6.07, 6.45) is 1.13. The third kappa shape index (κ3) is 1.71. The van der Waals surface area contributed by atoms with Crippen LogP contribution >= 0.6 is 0 Å². The summed E-state index contributed by atoms with van der Waals surface area (Å²) in [5.41, 5.74) is 3.08. The zero-order valence-electron chi connectivity index (χ0n) is 10.6. The van der Waals surface area contributed by atoms with Gasteiger partial charge in [-0.15, -0.1) is 0 Å². The second-order valence-electron chi connectivity index (χ2n) is 5.06. The molecule has 16 heavy (non-hydrogen) atoms. The summed E-state index contributed by atoms with van der Waals surface area (Å²) in [6.45, 7) is 7.82. The molecule has 1 unspecified atom stereocenters. The molecule has 2 heteroatoms. The number of fused-ring (bicyclic) bond motifs is 1. The van der Waals surface area contributed by atoms with E-state index in [9.17, 15) is 0 Å². The van der Waals surface area contributed by atoms with Crippen molar-refractivity contribution >= 4 is 0 Å². The molecule has 1 aromatic carbocycles. The van der Waals surface area contributed by atoms with Crippen molar-refractivity contribution in [3.8, 4) is 5.75 Å². The SMILES string of the molecule is CCNC1Cc2ccc(OC)cc2C1(C)C. The minimum Gasteiger partial charge on any atom is -0.497 e. The highest BCUT2D eigenvalue weighted by molar-refractivity contribution is 5.45. The first kappa shape index (κ1) is 11.5. The summed E-state index contributed by atoms with van der Waals surface area (Å²) in [5, 5.41) is 3.58. The van der Waals surface area contributed by atoms with E-state index in [4.69, 9.17) is 4.74 Å². The Morgan fingerprint density at radius 3 is 2.81 bits per heavy atom. The van der Waals surface area contributed by atoms with Crippen molar-refractivity contribution in [3.05, 3.63) is 29.3 Å². The van der Waals surface area contributed by atoms with E-state index in [0.717, 1.165) is 18.7 Å². The monoisotopic (exact) mass is 219 g/mol. The van der Waals surface area contributed by atoms with E-state index in [0.29, 0.717) is 6.04 Å². The quantitative estimate of drug-likeness (QED) is 0.843. The van der Waals surface area contributed by atoms with E-state index in [1.54, 1.807) is 7.11 Å². The van der Waals surface area contributed by atoms with Crippen molar-refractivity contribution < 1.29 is 4.74 Å². The molecule has 0 radical (unpaired) electrons. The maximum Gasteiger partial charge on any atom is 0.119 e. The van der Waals surface area contributed by atoms with Crippen LogP contribution in [0.1, 0.15) is 31.9 Å². The lowest BCUT2D eigenvalue weighted by Crippen LogP contribution is -2.41. The van der Waals surface area contributed by atoms with Crippen molar-refractivity contribution in [3.63, 3.8) is 0 Å². The number of rotatable bonds is 3. The van der Waals surface area contributed by atoms with E-state index in [1.807, 2.05) is 0 Å². The molecular weight excluding hydrogens is 198 g/mol. The van der Waals surface area contributed by atoms with Gasteiger partial charge >= 0.3 is 0 Å². The first-order valence-electron chi connectivity index (χ1n) is 6.00. The minimum absolute atomic E-state index is 0.194. The summed E-state index contributed by atoms with van der Waals surface area (Å²) in [5.74, 6) is 0.962. The molecule has 0 aliphatic heterocycles. The highest BCUT2D eigenvalue weighted by Gasteiger charge is 2.38.